The van der Waals surface area contributed by atoms with E-state index in [1.165, 1.54) is 11.3 Å². The number of carboxylic acid groups (broad SMARTS) is 1. The Bertz CT molecular complexity index is 502. The van der Waals surface area contributed by atoms with Crippen LogP contribution in [-0.2, 0) is 16.0 Å². The molecule has 0 aliphatic carbocycles. The van der Waals surface area contributed by atoms with Gasteiger partial charge in [-0.15, -0.1) is 10.2 Å². The molecule has 1 aromatic heterocycles. The van der Waals surface area contributed by atoms with Crippen LogP contribution in [0.15, 0.2) is 0 Å². The number of aliphatic carboxylic acids is 1. The Hall–Kier alpha value is -1.70. The van der Waals surface area contributed by atoms with Crippen molar-refractivity contribution in [3.05, 3.63) is 5.01 Å². The maximum Gasteiger partial charge on any atom is 0.308 e. The SMILES string of the molecule is CCc1nnc(N(CC(=O)N(CC)CC)CC(C)C(=O)O)s1. The topological polar surface area (TPSA) is 86.6 Å². The van der Waals surface area contributed by atoms with Crippen molar-refractivity contribution >= 4 is 28.3 Å². The lowest BCUT2D eigenvalue weighted by molar-refractivity contribution is -0.141. The third-order valence-electron chi connectivity index (χ3n) is 3.39. The Morgan fingerprint density at radius 1 is 1.23 bits per heavy atom. The number of hydrogen-bond acceptors (Lipinski definition) is 6. The molecule has 1 rings (SSSR count). The number of rotatable bonds is 9. The smallest absolute Gasteiger partial charge is 0.308 e. The minimum atomic E-state index is -0.888. The second kappa shape index (κ2) is 8.67. The Labute approximate surface area is 134 Å². The van der Waals surface area contributed by atoms with Gasteiger partial charge in [0.05, 0.1) is 12.5 Å². The highest BCUT2D eigenvalue weighted by atomic mass is 32.1. The summed E-state index contributed by atoms with van der Waals surface area (Å²) in [4.78, 5) is 26.9. The summed E-state index contributed by atoms with van der Waals surface area (Å²) in [6.45, 7) is 9.08. The summed E-state index contributed by atoms with van der Waals surface area (Å²) in [5.74, 6) is -1.50. The lowest BCUT2D eigenvalue weighted by Gasteiger charge is -2.26. The number of carbonyl (C=O) groups excluding carboxylic acids is 1. The highest BCUT2D eigenvalue weighted by Crippen LogP contribution is 2.21. The van der Waals surface area contributed by atoms with Crippen molar-refractivity contribution < 1.29 is 14.7 Å². The van der Waals surface area contributed by atoms with Gasteiger partial charge in [0.2, 0.25) is 11.0 Å². The molecule has 1 N–H and O–H groups in total. The van der Waals surface area contributed by atoms with Crippen LogP contribution in [0.1, 0.15) is 32.7 Å². The van der Waals surface area contributed by atoms with E-state index in [0.717, 1.165) is 11.4 Å². The highest BCUT2D eigenvalue weighted by Gasteiger charge is 2.23. The first-order valence-electron chi connectivity index (χ1n) is 7.50. The van der Waals surface area contributed by atoms with E-state index in [2.05, 4.69) is 10.2 Å². The van der Waals surface area contributed by atoms with Crippen molar-refractivity contribution in [3.63, 3.8) is 0 Å². The monoisotopic (exact) mass is 328 g/mol. The average Bonchev–Trinajstić information content (AvgIpc) is 2.96. The second-order valence-electron chi connectivity index (χ2n) is 5.02. The van der Waals surface area contributed by atoms with Crippen molar-refractivity contribution in [1.82, 2.24) is 15.1 Å². The minimum Gasteiger partial charge on any atom is -0.481 e. The first-order chi connectivity index (χ1) is 10.4. The van der Waals surface area contributed by atoms with E-state index in [4.69, 9.17) is 5.11 Å². The molecule has 0 aliphatic heterocycles. The molecular weight excluding hydrogens is 304 g/mol. The summed E-state index contributed by atoms with van der Waals surface area (Å²) < 4.78 is 0. The molecule has 0 saturated carbocycles. The molecule has 0 aromatic carbocycles. The standard InChI is InChI=1S/C14H24N4O3S/c1-5-11-15-16-14(22-11)18(8-10(4)13(20)21)9-12(19)17(6-2)7-3/h10H,5-9H2,1-4H3,(H,20,21). The van der Waals surface area contributed by atoms with E-state index in [0.29, 0.717) is 18.2 Å². The van der Waals surface area contributed by atoms with Gasteiger partial charge in [0.1, 0.15) is 5.01 Å². The molecule has 8 heteroatoms. The normalized spacial score (nSPS) is 12.0. The lowest BCUT2D eigenvalue weighted by Crippen LogP contribution is -2.42. The molecule has 0 bridgehead atoms. The number of amides is 1. The van der Waals surface area contributed by atoms with E-state index >= 15 is 0 Å². The van der Waals surface area contributed by atoms with Crippen LogP contribution >= 0.6 is 11.3 Å². The summed E-state index contributed by atoms with van der Waals surface area (Å²) in [6.07, 6.45) is 0.768. The zero-order chi connectivity index (χ0) is 16.7. The van der Waals surface area contributed by atoms with Crippen LogP contribution < -0.4 is 4.90 Å². The molecule has 1 atom stereocenters. The molecule has 1 amide bonds. The van der Waals surface area contributed by atoms with Crippen LogP contribution in [0.2, 0.25) is 0 Å². The van der Waals surface area contributed by atoms with Gasteiger partial charge in [-0.25, -0.2) is 0 Å². The van der Waals surface area contributed by atoms with Gasteiger partial charge in [0, 0.05) is 19.6 Å². The number of likely N-dealkylation sites (N-methyl/N-ethyl adjacent to an activating group) is 1. The van der Waals surface area contributed by atoms with Crippen molar-refractivity contribution in [3.8, 4) is 0 Å². The van der Waals surface area contributed by atoms with Crippen LogP contribution in [0.4, 0.5) is 5.13 Å². The summed E-state index contributed by atoms with van der Waals surface area (Å²) in [5, 5.41) is 18.7. The van der Waals surface area contributed by atoms with Gasteiger partial charge in [-0.05, 0) is 20.3 Å². The average molecular weight is 328 g/mol. The Kier molecular flexibility index (Phi) is 7.23. The number of aromatic nitrogens is 2. The number of carbonyl (C=O) groups is 2. The van der Waals surface area contributed by atoms with Gasteiger partial charge in [-0.1, -0.05) is 25.2 Å². The number of hydrogen-bond donors (Lipinski definition) is 1. The van der Waals surface area contributed by atoms with E-state index in [-0.39, 0.29) is 19.0 Å². The third kappa shape index (κ3) is 4.94. The van der Waals surface area contributed by atoms with Gasteiger partial charge in [0.25, 0.3) is 0 Å². The number of carboxylic acids is 1. The van der Waals surface area contributed by atoms with Gasteiger partial charge in [-0.2, -0.15) is 0 Å². The fourth-order valence-electron chi connectivity index (χ4n) is 1.97. The first kappa shape index (κ1) is 18.3. The summed E-state index contributed by atoms with van der Waals surface area (Å²) in [7, 11) is 0. The summed E-state index contributed by atoms with van der Waals surface area (Å²) in [5.41, 5.74) is 0. The van der Waals surface area contributed by atoms with Gasteiger partial charge in [-0.3, -0.25) is 9.59 Å². The van der Waals surface area contributed by atoms with Crippen LogP contribution in [-0.4, -0.2) is 58.3 Å². The molecular formula is C14H24N4O3S. The Balaban J connectivity index is 2.90. The molecule has 1 unspecified atom stereocenters. The maximum atomic E-state index is 12.3. The Morgan fingerprint density at radius 3 is 2.32 bits per heavy atom. The number of aryl methyl sites for hydroxylation is 1. The lowest BCUT2D eigenvalue weighted by atomic mass is 10.2. The van der Waals surface area contributed by atoms with E-state index < -0.39 is 11.9 Å². The van der Waals surface area contributed by atoms with Crippen molar-refractivity contribution in [2.75, 3.05) is 31.1 Å². The van der Waals surface area contributed by atoms with E-state index in [1.54, 1.807) is 16.7 Å². The molecule has 0 spiro atoms. The van der Waals surface area contributed by atoms with Crippen LogP contribution in [0, 0.1) is 5.92 Å². The number of anilines is 1. The molecule has 0 aliphatic rings. The summed E-state index contributed by atoms with van der Waals surface area (Å²) in [6, 6.07) is 0. The van der Waals surface area contributed by atoms with Gasteiger partial charge < -0.3 is 14.9 Å². The molecule has 0 radical (unpaired) electrons. The van der Waals surface area contributed by atoms with Crippen molar-refractivity contribution in [1.29, 1.82) is 0 Å². The largest absolute Gasteiger partial charge is 0.481 e. The minimum absolute atomic E-state index is 0.0316. The molecule has 1 heterocycles. The molecule has 22 heavy (non-hydrogen) atoms. The quantitative estimate of drug-likeness (QED) is 0.739. The van der Waals surface area contributed by atoms with Crippen LogP contribution in [0.25, 0.3) is 0 Å². The van der Waals surface area contributed by atoms with Crippen molar-refractivity contribution in [2.45, 2.75) is 34.1 Å². The molecule has 7 nitrogen and oxygen atoms in total. The zero-order valence-electron chi connectivity index (χ0n) is 13.6. The number of nitrogens with zero attached hydrogens (tertiary/aromatic N) is 4. The van der Waals surface area contributed by atoms with Gasteiger partial charge >= 0.3 is 5.97 Å². The van der Waals surface area contributed by atoms with E-state index in [9.17, 15) is 9.59 Å². The van der Waals surface area contributed by atoms with Crippen LogP contribution in [0.3, 0.4) is 0 Å². The van der Waals surface area contributed by atoms with E-state index in [1.807, 2.05) is 20.8 Å². The second-order valence-corrected chi connectivity index (χ2v) is 6.06. The predicted molar refractivity (Wildman–Crippen MR) is 86.2 cm³/mol. The Morgan fingerprint density at radius 2 is 1.86 bits per heavy atom. The summed E-state index contributed by atoms with van der Waals surface area (Å²) >= 11 is 1.40. The zero-order valence-corrected chi connectivity index (χ0v) is 14.4. The fraction of sp³-hybridized carbons (Fsp3) is 0.714. The highest BCUT2D eigenvalue weighted by molar-refractivity contribution is 7.15. The van der Waals surface area contributed by atoms with Crippen LogP contribution in [0.5, 0.6) is 0 Å². The molecule has 0 fully saturated rings. The molecule has 124 valence electrons. The predicted octanol–water partition coefficient (Wildman–Crippen LogP) is 1.50. The maximum absolute atomic E-state index is 12.3. The fourth-order valence-corrected chi connectivity index (χ4v) is 2.76. The molecule has 1 aromatic rings. The first-order valence-corrected chi connectivity index (χ1v) is 8.32. The molecule has 0 saturated heterocycles. The van der Waals surface area contributed by atoms with Crippen molar-refractivity contribution in [2.24, 2.45) is 5.92 Å². The third-order valence-corrected chi connectivity index (χ3v) is 4.52. The van der Waals surface area contributed by atoms with Gasteiger partial charge in [0.15, 0.2) is 0 Å².